The van der Waals surface area contributed by atoms with Crippen LogP contribution in [0.5, 0.6) is 5.75 Å². The molecule has 0 spiro atoms. The molecule has 2 rings (SSSR count). The molecule has 1 heterocycles. The number of aromatic carboxylic acids is 1. The number of hydrogen-bond acceptors (Lipinski definition) is 4. The molecule has 0 unspecified atom stereocenters. The van der Waals surface area contributed by atoms with E-state index in [1.165, 1.54) is 6.07 Å². The monoisotopic (exact) mass is 310 g/mol. The van der Waals surface area contributed by atoms with E-state index in [9.17, 15) is 9.90 Å². The molecule has 0 aliphatic heterocycles. The number of benzene rings is 1. The number of carbonyl (C=O) groups is 1. The molecule has 5 nitrogen and oxygen atoms in total. The molecule has 5 heteroatoms. The van der Waals surface area contributed by atoms with Crippen molar-refractivity contribution < 1.29 is 14.6 Å². The summed E-state index contributed by atoms with van der Waals surface area (Å²) in [5.41, 5.74) is 2.14. The SMILES string of the molecule is COc1ccc(C#Cc2cc(CN(C)C)nc(C(=O)O)c2)cc1. The largest absolute Gasteiger partial charge is 0.497 e. The first-order chi connectivity index (χ1) is 11.0. The van der Waals surface area contributed by atoms with E-state index in [2.05, 4.69) is 16.8 Å². The summed E-state index contributed by atoms with van der Waals surface area (Å²) in [6, 6.07) is 10.7. The summed E-state index contributed by atoms with van der Waals surface area (Å²) in [5, 5.41) is 9.17. The van der Waals surface area contributed by atoms with Crippen LogP contribution in [0.3, 0.4) is 0 Å². The quantitative estimate of drug-likeness (QED) is 0.878. The van der Waals surface area contributed by atoms with E-state index in [0.717, 1.165) is 11.3 Å². The van der Waals surface area contributed by atoms with Crippen LogP contribution in [0.25, 0.3) is 0 Å². The molecule has 0 aliphatic carbocycles. The number of hydrogen-bond donors (Lipinski definition) is 1. The van der Waals surface area contributed by atoms with Gasteiger partial charge < -0.3 is 14.7 Å². The van der Waals surface area contributed by atoms with Crippen LogP contribution in [-0.4, -0.2) is 42.2 Å². The van der Waals surface area contributed by atoms with Crippen molar-refractivity contribution >= 4 is 5.97 Å². The standard InChI is InChI=1S/C18H18N2O3/c1-20(2)12-15-10-14(11-17(19-15)18(21)22)5-4-13-6-8-16(23-3)9-7-13/h6-11H,12H2,1-3H3,(H,21,22). The van der Waals surface area contributed by atoms with Crippen LogP contribution >= 0.6 is 0 Å². The van der Waals surface area contributed by atoms with Gasteiger partial charge in [-0.1, -0.05) is 11.8 Å². The van der Waals surface area contributed by atoms with Gasteiger partial charge >= 0.3 is 5.97 Å². The highest BCUT2D eigenvalue weighted by Crippen LogP contribution is 2.11. The summed E-state index contributed by atoms with van der Waals surface area (Å²) < 4.78 is 5.10. The second-order valence-electron chi connectivity index (χ2n) is 5.25. The lowest BCUT2D eigenvalue weighted by Crippen LogP contribution is -2.14. The summed E-state index contributed by atoms with van der Waals surface area (Å²) in [4.78, 5) is 17.2. The number of ether oxygens (including phenoxy) is 1. The number of methoxy groups -OCH3 is 1. The van der Waals surface area contributed by atoms with Crippen LogP contribution in [0.2, 0.25) is 0 Å². The highest BCUT2D eigenvalue weighted by atomic mass is 16.5. The Kier molecular flexibility index (Phi) is 5.34. The molecular formula is C18H18N2O3. The molecule has 0 atom stereocenters. The Bertz CT molecular complexity index is 756. The average molecular weight is 310 g/mol. The highest BCUT2D eigenvalue weighted by molar-refractivity contribution is 5.85. The van der Waals surface area contributed by atoms with E-state index < -0.39 is 5.97 Å². The minimum atomic E-state index is -1.06. The maximum absolute atomic E-state index is 11.2. The predicted molar refractivity (Wildman–Crippen MR) is 87.6 cm³/mol. The van der Waals surface area contributed by atoms with Crippen LogP contribution in [-0.2, 0) is 6.54 Å². The first-order valence-electron chi connectivity index (χ1n) is 7.03. The lowest BCUT2D eigenvalue weighted by molar-refractivity contribution is 0.0690. The molecule has 23 heavy (non-hydrogen) atoms. The second-order valence-corrected chi connectivity index (χ2v) is 5.25. The Morgan fingerprint density at radius 1 is 1.17 bits per heavy atom. The summed E-state index contributed by atoms with van der Waals surface area (Å²) in [6.07, 6.45) is 0. The normalized spacial score (nSPS) is 10.1. The molecule has 0 radical (unpaired) electrons. The number of nitrogens with zero attached hydrogens (tertiary/aromatic N) is 2. The van der Waals surface area contributed by atoms with Gasteiger partial charge in [0.05, 0.1) is 12.8 Å². The molecule has 1 aromatic heterocycles. The lowest BCUT2D eigenvalue weighted by atomic mass is 10.1. The van der Waals surface area contributed by atoms with Crippen molar-refractivity contribution in [2.24, 2.45) is 0 Å². The predicted octanol–water partition coefficient (Wildman–Crippen LogP) is 2.25. The van der Waals surface area contributed by atoms with E-state index in [1.54, 1.807) is 7.11 Å². The fraction of sp³-hybridized carbons (Fsp3) is 0.222. The van der Waals surface area contributed by atoms with Crippen molar-refractivity contribution in [1.82, 2.24) is 9.88 Å². The second kappa shape index (κ2) is 7.43. The van der Waals surface area contributed by atoms with Crippen LogP contribution in [0.4, 0.5) is 0 Å². The Morgan fingerprint density at radius 2 is 1.83 bits per heavy atom. The molecule has 2 aromatic rings. The number of rotatable bonds is 4. The molecule has 0 saturated heterocycles. The third-order valence-electron chi connectivity index (χ3n) is 3.02. The molecule has 0 bridgehead atoms. The van der Waals surface area contributed by atoms with Crippen LogP contribution in [0.15, 0.2) is 36.4 Å². The molecule has 1 aromatic carbocycles. The Balaban J connectivity index is 2.32. The third kappa shape index (κ3) is 4.83. The number of pyridine rings is 1. The fourth-order valence-electron chi connectivity index (χ4n) is 1.99. The fourth-order valence-corrected chi connectivity index (χ4v) is 1.99. The van der Waals surface area contributed by atoms with E-state index in [-0.39, 0.29) is 5.69 Å². The zero-order valence-corrected chi connectivity index (χ0v) is 13.3. The van der Waals surface area contributed by atoms with Gasteiger partial charge in [-0.15, -0.1) is 0 Å². The number of aromatic nitrogens is 1. The summed E-state index contributed by atoms with van der Waals surface area (Å²) >= 11 is 0. The van der Waals surface area contributed by atoms with E-state index in [4.69, 9.17) is 4.74 Å². The van der Waals surface area contributed by atoms with Crippen molar-refractivity contribution in [2.45, 2.75) is 6.54 Å². The van der Waals surface area contributed by atoms with Gasteiger partial charge in [-0.2, -0.15) is 0 Å². The number of carboxylic acid groups (broad SMARTS) is 1. The van der Waals surface area contributed by atoms with Crippen molar-refractivity contribution in [3.05, 3.63) is 58.9 Å². The highest BCUT2D eigenvalue weighted by Gasteiger charge is 2.08. The molecule has 118 valence electrons. The Hall–Kier alpha value is -2.84. The molecule has 0 aliphatic rings. The minimum absolute atomic E-state index is 0.00313. The van der Waals surface area contributed by atoms with Crippen molar-refractivity contribution in [2.75, 3.05) is 21.2 Å². The summed E-state index contributed by atoms with van der Waals surface area (Å²) in [7, 11) is 5.41. The van der Waals surface area contributed by atoms with Gasteiger partial charge in [-0.3, -0.25) is 0 Å². The van der Waals surface area contributed by atoms with E-state index >= 15 is 0 Å². The average Bonchev–Trinajstić information content (AvgIpc) is 2.52. The van der Waals surface area contributed by atoms with Crippen LogP contribution in [0, 0.1) is 11.8 Å². The van der Waals surface area contributed by atoms with Gasteiger partial charge in [0.25, 0.3) is 0 Å². The smallest absolute Gasteiger partial charge is 0.354 e. The maximum atomic E-state index is 11.2. The van der Waals surface area contributed by atoms with Gasteiger partial charge in [-0.25, -0.2) is 9.78 Å². The first kappa shape index (κ1) is 16.5. The van der Waals surface area contributed by atoms with Gasteiger partial charge in [0, 0.05) is 17.7 Å². The number of carboxylic acids is 1. The zero-order chi connectivity index (χ0) is 16.8. The lowest BCUT2D eigenvalue weighted by Gasteiger charge is -2.09. The van der Waals surface area contributed by atoms with Crippen LogP contribution in [0.1, 0.15) is 27.3 Å². The third-order valence-corrected chi connectivity index (χ3v) is 3.02. The van der Waals surface area contributed by atoms with Gasteiger partial charge in [-0.05, 0) is 50.5 Å². The summed E-state index contributed by atoms with van der Waals surface area (Å²) in [5.74, 6) is 5.72. The molecule has 0 amide bonds. The minimum Gasteiger partial charge on any atom is -0.497 e. The molecule has 0 fully saturated rings. The molecular weight excluding hydrogens is 292 g/mol. The molecule has 0 saturated carbocycles. The first-order valence-corrected chi connectivity index (χ1v) is 7.03. The Morgan fingerprint density at radius 3 is 2.39 bits per heavy atom. The topological polar surface area (TPSA) is 62.7 Å². The van der Waals surface area contributed by atoms with Gasteiger partial charge in [0.2, 0.25) is 0 Å². The van der Waals surface area contributed by atoms with Gasteiger partial charge in [0.15, 0.2) is 0 Å². The molecule has 1 N–H and O–H groups in total. The maximum Gasteiger partial charge on any atom is 0.354 e. The van der Waals surface area contributed by atoms with E-state index in [0.29, 0.717) is 17.8 Å². The summed E-state index contributed by atoms with van der Waals surface area (Å²) in [6.45, 7) is 0.554. The van der Waals surface area contributed by atoms with Crippen molar-refractivity contribution in [3.63, 3.8) is 0 Å². The van der Waals surface area contributed by atoms with Crippen molar-refractivity contribution in [3.8, 4) is 17.6 Å². The van der Waals surface area contributed by atoms with Crippen molar-refractivity contribution in [1.29, 1.82) is 0 Å². The van der Waals surface area contributed by atoms with Gasteiger partial charge in [0.1, 0.15) is 11.4 Å². The Labute approximate surface area is 135 Å². The van der Waals surface area contributed by atoms with E-state index in [1.807, 2.05) is 49.3 Å². The van der Waals surface area contributed by atoms with Crippen LogP contribution < -0.4 is 4.74 Å². The zero-order valence-electron chi connectivity index (χ0n) is 13.3.